The monoisotopic (exact) mass is 259 g/mol. The molecule has 1 N–H and O–H groups in total. The van der Waals surface area contributed by atoms with Crippen LogP contribution in [0.1, 0.15) is 29.5 Å². The van der Waals surface area contributed by atoms with Crippen LogP contribution in [0.3, 0.4) is 0 Å². The van der Waals surface area contributed by atoms with Crippen molar-refractivity contribution in [2.24, 2.45) is 13.0 Å². The van der Waals surface area contributed by atoms with Crippen LogP contribution in [0.15, 0.2) is 18.2 Å². The minimum Gasteiger partial charge on any atom is -0.331 e. The number of aromatic nitrogens is 2. The number of nitrogens with zero attached hydrogens (tertiary/aromatic N) is 2. The average Bonchev–Trinajstić information content (AvgIpc) is 2.70. The number of rotatable bonds is 5. The number of nitrogens with one attached hydrogen (secondary N) is 1. The smallest absolute Gasteiger partial charge is 0.167 e. The van der Waals surface area contributed by atoms with Gasteiger partial charge in [-0.2, -0.15) is 0 Å². The summed E-state index contributed by atoms with van der Waals surface area (Å²) in [6, 6.07) is 5.79. The lowest BCUT2D eigenvalue weighted by Crippen LogP contribution is -2.25. The number of carbonyl (C=O) groups is 1. The molecule has 0 aliphatic carbocycles. The Morgan fingerprint density at radius 1 is 1.47 bits per heavy atom. The zero-order valence-corrected chi connectivity index (χ0v) is 12.0. The van der Waals surface area contributed by atoms with Crippen molar-refractivity contribution >= 4 is 16.8 Å². The average molecular weight is 259 g/mol. The van der Waals surface area contributed by atoms with Gasteiger partial charge in [0, 0.05) is 25.1 Å². The van der Waals surface area contributed by atoms with Gasteiger partial charge in [-0.15, -0.1) is 0 Å². The van der Waals surface area contributed by atoms with E-state index in [1.54, 1.807) is 0 Å². The van der Waals surface area contributed by atoms with Crippen LogP contribution < -0.4 is 5.32 Å². The van der Waals surface area contributed by atoms with Gasteiger partial charge in [-0.1, -0.05) is 6.92 Å². The van der Waals surface area contributed by atoms with Gasteiger partial charge in [0.2, 0.25) is 0 Å². The number of fused-ring (bicyclic) bond motifs is 1. The van der Waals surface area contributed by atoms with E-state index < -0.39 is 0 Å². The maximum atomic E-state index is 12.4. The first-order valence-electron chi connectivity index (χ1n) is 6.70. The van der Waals surface area contributed by atoms with Crippen molar-refractivity contribution in [3.63, 3.8) is 0 Å². The Labute approximate surface area is 113 Å². The van der Waals surface area contributed by atoms with Gasteiger partial charge in [0.15, 0.2) is 5.78 Å². The first-order valence-corrected chi connectivity index (χ1v) is 6.70. The fourth-order valence-electron chi connectivity index (χ4n) is 2.38. The van der Waals surface area contributed by atoms with Gasteiger partial charge in [-0.05, 0) is 38.6 Å². The van der Waals surface area contributed by atoms with Crippen LogP contribution in [-0.2, 0) is 7.05 Å². The molecule has 1 aromatic heterocycles. The summed E-state index contributed by atoms with van der Waals surface area (Å²) in [6.07, 6.45) is 0.846. The van der Waals surface area contributed by atoms with E-state index in [-0.39, 0.29) is 11.7 Å². The molecule has 1 unspecified atom stereocenters. The molecule has 0 fully saturated rings. The second kappa shape index (κ2) is 5.53. The van der Waals surface area contributed by atoms with E-state index in [1.807, 2.05) is 50.7 Å². The minimum atomic E-state index is 0.0345. The number of aryl methyl sites for hydroxylation is 2. The van der Waals surface area contributed by atoms with Gasteiger partial charge >= 0.3 is 0 Å². The molecule has 0 amide bonds. The van der Waals surface area contributed by atoms with Crippen molar-refractivity contribution in [3.05, 3.63) is 29.6 Å². The summed E-state index contributed by atoms with van der Waals surface area (Å²) >= 11 is 0. The Morgan fingerprint density at radius 3 is 2.84 bits per heavy atom. The largest absolute Gasteiger partial charge is 0.331 e. The summed E-state index contributed by atoms with van der Waals surface area (Å²) in [6.45, 7) is 4.73. The Kier molecular flexibility index (Phi) is 4.00. The predicted molar refractivity (Wildman–Crippen MR) is 77.5 cm³/mol. The maximum Gasteiger partial charge on any atom is 0.167 e. The molecule has 0 saturated carbocycles. The highest BCUT2D eigenvalue weighted by Gasteiger charge is 2.18. The summed E-state index contributed by atoms with van der Waals surface area (Å²) in [5.74, 6) is 1.19. The minimum absolute atomic E-state index is 0.0345. The molecule has 0 aliphatic rings. The molecule has 0 spiro atoms. The lowest BCUT2D eigenvalue weighted by atomic mass is 9.95. The van der Waals surface area contributed by atoms with Crippen LogP contribution in [0.4, 0.5) is 0 Å². The van der Waals surface area contributed by atoms with Gasteiger partial charge < -0.3 is 9.88 Å². The number of carbonyl (C=O) groups excluding carboxylic acids is 1. The summed E-state index contributed by atoms with van der Waals surface area (Å²) in [5.41, 5.74) is 2.72. The molecule has 0 saturated heterocycles. The zero-order chi connectivity index (χ0) is 14.0. The molecular formula is C15H21N3O. The van der Waals surface area contributed by atoms with Crippen molar-refractivity contribution in [2.45, 2.75) is 20.3 Å². The number of hydrogen-bond acceptors (Lipinski definition) is 3. The lowest BCUT2D eigenvalue weighted by molar-refractivity contribution is 0.0917. The predicted octanol–water partition coefficient (Wildman–Crippen LogP) is 2.31. The van der Waals surface area contributed by atoms with Gasteiger partial charge in [0.05, 0.1) is 11.0 Å². The fourth-order valence-corrected chi connectivity index (χ4v) is 2.38. The lowest BCUT2D eigenvalue weighted by Gasteiger charge is -2.13. The first-order chi connectivity index (χ1) is 9.08. The Balaban J connectivity index is 2.37. The molecule has 1 aromatic carbocycles. The van der Waals surface area contributed by atoms with Crippen molar-refractivity contribution in [2.75, 3.05) is 13.6 Å². The van der Waals surface area contributed by atoms with E-state index in [2.05, 4.69) is 10.3 Å². The van der Waals surface area contributed by atoms with Crippen LogP contribution in [0.25, 0.3) is 11.0 Å². The van der Waals surface area contributed by atoms with Crippen molar-refractivity contribution in [3.8, 4) is 0 Å². The molecular weight excluding hydrogens is 238 g/mol. The van der Waals surface area contributed by atoms with Gasteiger partial charge in [0.1, 0.15) is 5.82 Å². The molecule has 0 aliphatic heterocycles. The number of benzene rings is 1. The topological polar surface area (TPSA) is 46.9 Å². The van der Waals surface area contributed by atoms with E-state index in [0.717, 1.165) is 28.8 Å². The number of ketones is 1. The fraction of sp³-hybridized carbons (Fsp3) is 0.467. The van der Waals surface area contributed by atoms with E-state index in [0.29, 0.717) is 6.54 Å². The van der Waals surface area contributed by atoms with E-state index >= 15 is 0 Å². The Bertz CT molecular complexity index is 601. The molecule has 1 atom stereocenters. The van der Waals surface area contributed by atoms with Crippen LogP contribution in [0.5, 0.6) is 0 Å². The van der Waals surface area contributed by atoms with Crippen LogP contribution in [0.2, 0.25) is 0 Å². The summed E-state index contributed by atoms with van der Waals surface area (Å²) in [5, 5.41) is 3.08. The van der Waals surface area contributed by atoms with E-state index in [4.69, 9.17) is 0 Å². The molecule has 102 valence electrons. The van der Waals surface area contributed by atoms with Crippen LogP contribution >= 0.6 is 0 Å². The highest BCUT2D eigenvalue weighted by atomic mass is 16.1. The number of imidazole rings is 1. The van der Waals surface area contributed by atoms with Gasteiger partial charge in [0.25, 0.3) is 0 Å². The van der Waals surface area contributed by atoms with E-state index in [1.165, 1.54) is 0 Å². The standard InChI is InChI=1S/C15H21N3O/c1-5-11(9-16-3)15(19)12-6-7-14-13(8-12)17-10(2)18(14)4/h6-8,11,16H,5,9H2,1-4H3. The number of Topliss-reactive ketones (excluding diaryl/α,β-unsaturated/α-hetero) is 1. The van der Waals surface area contributed by atoms with Crippen LogP contribution in [-0.4, -0.2) is 28.9 Å². The molecule has 4 nitrogen and oxygen atoms in total. The summed E-state index contributed by atoms with van der Waals surface area (Å²) in [4.78, 5) is 16.9. The Hall–Kier alpha value is -1.68. The van der Waals surface area contributed by atoms with Gasteiger partial charge in [-0.25, -0.2) is 4.98 Å². The highest BCUT2D eigenvalue weighted by Crippen LogP contribution is 2.19. The molecule has 4 heteroatoms. The van der Waals surface area contributed by atoms with Crippen LogP contribution in [0, 0.1) is 12.8 Å². The molecule has 2 rings (SSSR count). The van der Waals surface area contributed by atoms with Crippen molar-refractivity contribution in [1.82, 2.24) is 14.9 Å². The zero-order valence-electron chi connectivity index (χ0n) is 12.0. The Morgan fingerprint density at radius 2 is 2.21 bits per heavy atom. The molecule has 2 aromatic rings. The quantitative estimate of drug-likeness (QED) is 0.838. The molecule has 0 radical (unpaired) electrons. The van der Waals surface area contributed by atoms with E-state index in [9.17, 15) is 4.79 Å². The SMILES string of the molecule is CCC(CNC)C(=O)c1ccc2c(c1)nc(C)n2C. The van der Waals surface area contributed by atoms with Crippen molar-refractivity contribution in [1.29, 1.82) is 0 Å². The normalized spacial score (nSPS) is 12.8. The summed E-state index contributed by atoms with van der Waals surface area (Å²) in [7, 11) is 3.86. The second-order valence-corrected chi connectivity index (χ2v) is 4.95. The maximum absolute atomic E-state index is 12.4. The first kappa shape index (κ1) is 13.7. The highest BCUT2D eigenvalue weighted by molar-refractivity contribution is 6.00. The second-order valence-electron chi connectivity index (χ2n) is 4.95. The molecule has 19 heavy (non-hydrogen) atoms. The molecule has 0 bridgehead atoms. The third-order valence-corrected chi connectivity index (χ3v) is 3.70. The summed E-state index contributed by atoms with van der Waals surface area (Å²) < 4.78 is 2.04. The van der Waals surface area contributed by atoms with Gasteiger partial charge in [-0.3, -0.25) is 4.79 Å². The number of hydrogen-bond donors (Lipinski definition) is 1. The third-order valence-electron chi connectivity index (χ3n) is 3.70. The third kappa shape index (κ3) is 2.54. The van der Waals surface area contributed by atoms with Crippen molar-refractivity contribution < 1.29 is 4.79 Å². The molecule has 1 heterocycles.